The van der Waals surface area contributed by atoms with E-state index < -0.39 is 0 Å². The highest BCUT2D eigenvalue weighted by Gasteiger charge is 2.35. The molecule has 0 spiro atoms. The maximum Gasteiger partial charge on any atom is 0.223 e. The Morgan fingerprint density at radius 1 is 1.30 bits per heavy atom. The van der Waals surface area contributed by atoms with E-state index >= 15 is 0 Å². The highest BCUT2D eigenvalue weighted by atomic mass is 32.1. The van der Waals surface area contributed by atoms with Crippen molar-refractivity contribution in [3.63, 3.8) is 0 Å². The summed E-state index contributed by atoms with van der Waals surface area (Å²) < 4.78 is 5.94. The second-order valence-electron chi connectivity index (χ2n) is 5.50. The van der Waals surface area contributed by atoms with Gasteiger partial charge in [0.05, 0.1) is 24.1 Å². The van der Waals surface area contributed by atoms with Crippen molar-refractivity contribution < 1.29 is 4.74 Å². The van der Waals surface area contributed by atoms with Gasteiger partial charge in [-0.25, -0.2) is 4.98 Å². The smallest absolute Gasteiger partial charge is 0.223 e. The van der Waals surface area contributed by atoms with Gasteiger partial charge in [0.15, 0.2) is 0 Å². The monoisotopic (exact) mass is 290 g/mol. The maximum atomic E-state index is 5.94. The minimum atomic E-state index is 0.349. The molecule has 3 heterocycles. The molecular weight excluding hydrogens is 272 g/mol. The van der Waals surface area contributed by atoms with Crippen molar-refractivity contribution >= 4 is 33.3 Å². The molecule has 5 nitrogen and oxygen atoms in total. The molecule has 2 aromatic rings. The SMILES string of the molecule is Nc1nc(N2CCOC3CCCCC32)c2ccsc2n1. The van der Waals surface area contributed by atoms with Crippen LogP contribution in [-0.2, 0) is 4.74 Å². The number of hydrogen-bond donors (Lipinski definition) is 1. The molecule has 20 heavy (non-hydrogen) atoms. The second kappa shape index (κ2) is 4.86. The molecule has 2 atom stereocenters. The van der Waals surface area contributed by atoms with Gasteiger partial charge in [-0.1, -0.05) is 12.8 Å². The summed E-state index contributed by atoms with van der Waals surface area (Å²) in [5, 5.41) is 3.18. The molecule has 0 bridgehead atoms. The summed E-state index contributed by atoms with van der Waals surface area (Å²) in [4.78, 5) is 12.2. The Hall–Kier alpha value is -1.40. The van der Waals surface area contributed by atoms with E-state index in [1.807, 2.05) is 0 Å². The Kier molecular flexibility index (Phi) is 3.00. The summed E-state index contributed by atoms with van der Waals surface area (Å²) in [6.45, 7) is 1.67. The zero-order valence-electron chi connectivity index (χ0n) is 11.3. The largest absolute Gasteiger partial charge is 0.374 e. The fourth-order valence-electron chi connectivity index (χ4n) is 3.43. The second-order valence-corrected chi connectivity index (χ2v) is 6.39. The average Bonchev–Trinajstić information content (AvgIpc) is 2.94. The first kappa shape index (κ1) is 12.3. The van der Waals surface area contributed by atoms with Gasteiger partial charge in [-0.2, -0.15) is 4.98 Å². The molecule has 2 unspecified atom stereocenters. The summed E-state index contributed by atoms with van der Waals surface area (Å²) in [7, 11) is 0. The van der Waals surface area contributed by atoms with Crippen molar-refractivity contribution in [3.8, 4) is 0 Å². The van der Waals surface area contributed by atoms with Crippen LogP contribution in [0.15, 0.2) is 11.4 Å². The number of nitrogen functional groups attached to an aromatic ring is 1. The predicted octanol–water partition coefficient (Wildman–Crippen LogP) is 2.42. The van der Waals surface area contributed by atoms with Crippen molar-refractivity contribution in [1.29, 1.82) is 0 Å². The predicted molar refractivity (Wildman–Crippen MR) is 81.2 cm³/mol. The van der Waals surface area contributed by atoms with Crippen molar-refractivity contribution in [3.05, 3.63) is 11.4 Å². The molecular formula is C14H18N4OS. The average molecular weight is 290 g/mol. The first-order chi connectivity index (χ1) is 9.83. The molecule has 1 aliphatic heterocycles. The summed E-state index contributed by atoms with van der Waals surface area (Å²) >= 11 is 1.62. The third-order valence-electron chi connectivity index (χ3n) is 4.33. The number of nitrogens with two attached hydrogens (primary N) is 1. The molecule has 0 aromatic carbocycles. The van der Waals surface area contributed by atoms with Crippen LogP contribution >= 0.6 is 11.3 Å². The van der Waals surface area contributed by atoms with Crippen molar-refractivity contribution in [2.24, 2.45) is 0 Å². The first-order valence-electron chi connectivity index (χ1n) is 7.22. The van der Waals surface area contributed by atoms with Gasteiger partial charge in [0.2, 0.25) is 5.95 Å². The van der Waals surface area contributed by atoms with E-state index in [4.69, 9.17) is 10.5 Å². The van der Waals surface area contributed by atoms with Gasteiger partial charge in [-0.05, 0) is 24.3 Å². The zero-order chi connectivity index (χ0) is 13.5. The standard InChI is InChI=1S/C14H18N4OS/c15-14-16-12(9-5-8-20-13(9)17-14)18-6-7-19-11-4-2-1-3-10(11)18/h5,8,10-11H,1-4,6-7H2,(H2,15,16,17). The number of rotatable bonds is 1. The number of morpholine rings is 1. The number of anilines is 2. The molecule has 106 valence electrons. The van der Waals surface area contributed by atoms with Gasteiger partial charge in [0, 0.05) is 6.54 Å². The van der Waals surface area contributed by atoms with Gasteiger partial charge in [0.25, 0.3) is 0 Å². The highest BCUT2D eigenvalue weighted by molar-refractivity contribution is 7.16. The molecule has 0 amide bonds. The first-order valence-corrected chi connectivity index (χ1v) is 8.10. The Morgan fingerprint density at radius 2 is 2.20 bits per heavy atom. The van der Waals surface area contributed by atoms with Crippen LogP contribution in [0, 0.1) is 0 Å². The van der Waals surface area contributed by atoms with Crippen LogP contribution in [0.25, 0.3) is 10.2 Å². The molecule has 6 heteroatoms. The van der Waals surface area contributed by atoms with Crippen LogP contribution in [-0.4, -0.2) is 35.3 Å². The number of nitrogens with zero attached hydrogens (tertiary/aromatic N) is 3. The van der Waals surface area contributed by atoms with Crippen molar-refractivity contribution in [2.75, 3.05) is 23.8 Å². The molecule has 2 fully saturated rings. The van der Waals surface area contributed by atoms with Crippen LogP contribution in [0.1, 0.15) is 25.7 Å². The van der Waals surface area contributed by atoms with Gasteiger partial charge < -0.3 is 15.4 Å². The molecule has 2 aliphatic rings. The van der Waals surface area contributed by atoms with Gasteiger partial charge in [-0.15, -0.1) is 11.3 Å². The lowest BCUT2D eigenvalue weighted by Gasteiger charge is -2.44. The molecule has 0 radical (unpaired) electrons. The van der Waals surface area contributed by atoms with Gasteiger partial charge >= 0.3 is 0 Å². The number of fused-ring (bicyclic) bond motifs is 2. The van der Waals surface area contributed by atoms with E-state index in [0.717, 1.165) is 35.6 Å². The topological polar surface area (TPSA) is 64.3 Å². The molecule has 1 aliphatic carbocycles. The van der Waals surface area contributed by atoms with Crippen LogP contribution in [0.4, 0.5) is 11.8 Å². The fraction of sp³-hybridized carbons (Fsp3) is 0.571. The Morgan fingerprint density at radius 3 is 3.15 bits per heavy atom. The maximum absolute atomic E-state index is 5.94. The van der Waals surface area contributed by atoms with E-state index in [2.05, 4.69) is 26.3 Å². The number of ether oxygens (including phenoxy) is 1. The lowest BCUT2D eigenvalue weighted by molar-refractivity contribution is -0.00886. The summed E-state index contributed by atoms with van der Waals surface area (Å²) in [5.74, 6) is 1.36. The lowest BCUT2D eigenvalue weighted by atomic mass is 9.90. The number of aromatic nitrogens is 2. The van der Waals surface area contributed by atoms with Gasteiger partial charge in [-0.3, -0.25) is 0 Å². The van der Waals surface area contributed by atoms with Gasteiger partial charge in [0.1, 0.15) is 10.6 Å². The minimum absolute atomic E-state index is 0.349. The normalized spacial score (nSPS) is 26.7. The Balaban J connectivity index is 1.79. The zero-order valence-corrected chi connectivity index (χ0v) is 12.1. The number of thiophene rings is 1. The van der Waals surface area contributed by atoms with E-state index in [-0.39, 0.29) is 0 Å². The lowest BCUT2D eigenvalue weighted by Crippen LogP contribution is -2.53. The van der Waals surface area contributed by atoms with Crippen molar-refractivity contribution in [1.82, 2.24) is 9.97 Å². The molecule has 2 aromatic heterocycles. The van der Waals surface area contributed by atoms with Crippen LogP contribution in [0.5, 0.6) is 0 Å². The minimum Gasteiger partial charge on any atom is -0.374 e. The van der Waals surface area contributed by atoms with E-state index in [9.17, 15) is 0 Å². The Bertz CT molecular complexity index is 627. The summed E-state index contributed by atoms with van der Waals surface area (Å²) in [5.41, 5.74) is 5.89. The quantitative estimate of drug-likeness (QED) is 0.874. The van der Waals surface area contributed by atoms with E-state index in [0.29, 0.717) is 18.1 Å². The molecule has 2 N–H and O–H groups in total. The highest BCUT2D eigenvalue weighted by Crippen LogP contribution is 2.35. The fourth-order valence-corrected chi connectivity index (χ4v) is 4.20. The van der Waals surface area contributed by atoms with E-state index in [1.165, 1.54) is 19.3 Å². The molecule has 1 saturated carbocycles. The van der Waals surface area contributed by atoms with Crippen LogP contribution in [0.3, 0.4) is 0 Å². The third kappa shape index (κ3) is 1.94. The summed E-state index contributed by atoms with van der Waals surface area (Å²) in [6, 6.07) is 2.54. The molecule has 4 rings (SSSR count). The van der Waals surface area contributed by atoms with E-state index in [1.54, 1.807) is 11.3 Å². The number of hydrogen-bond acceptors (Lipinski definition) is 6. The Labute approximate surface area is 121 Å². The van der Waals surface area contributed by atoms with Crippen LogP contribution in [0.2, 0.25) is 0 Å². The summed E-state index contributed by atoms with van der Waals surface area (Å²) in [6.07, 6.45) is 5.24. The third-order valence-corrected chi connectivity index (χ3v) is 5.13. The van der Waals surface area contributed by atoms with Crippen molar-refractivity contribution in [2.45, 2.75) is 37.8 Å². The van der Waals surface area contributed by atoms with Crippen LogP contribution < -0.4 is 10.6 Å². The molecule has 1 saturated heterocycles.